The maximum atomic E-state index is 11.6. The normalized spacial score (nSPS) is 10.9. The largest absolute Gasteiger partial charge is 0.462 e. The summed E-state index contributed by atoms with van der Waals surface area (Å²) < 4.78 is 10.1. The molecule has 4 nitrogen and oxygen atoms in total. The van der Waals surface area contributed by atoms with Crippen molar-refractivity contribution in [1.82, 2.24) is 0 Å². The summed E-state index contributed by atoms with van der Waals surface area (Å²) in [5.41, 5.74) is 3.08. The molecule has 0 fully saturated rings. The SMILES string of the molecule is C=CCCOC(=O)c1ccccc1C.Cc1ccccc1C(=O)OCCC(Cl)CCl. The Labute approximate surface area is 188 Å². The Kier molecular flexibility index (Phi) is 12.6. The number of carbonyl (C=O) groups excluding carboxylic acids is 2. The zero-order valence-electron chi connectivity index (χ0n) is 17.4. The van der Waals surface area contributed by atoms with Gasteiger partial charge in [0.05, 0.1) is 29.7 Å². The number of hydrogen-bond acceptors (Lipinski definition) is 4. The van der Waals surface area contributed by atoms with Crippen LogP contribution in [0.5, 0.6) is 0 Å². The third-order valence-corrected chi connectivity index (χ3v) is 5.02. The standard InChI is InChI=1S/C12H14Cl2O2.C12H14O2/c1-9-4-2-3-5-11(9)12(15)16-7-6-10(14)8-13;1-3-4-9-14-12(13)11-8-6-5-7-10(11)2/h2-5,10H,6-8H2,1H3;3,5-8H,1,4,9H2,2H3. The predicted molar refractivity (Wildman–Crippen MR) is 123 cm³/mol. The van der Waals surface area contributed by atoms with Crippen molar-refractivity contribution in [2.75, 3.05) is 19.1 Å². The van der Waals surface area contributed by atoms with Gasteiger partial charge >= 0.3 is 11.9 Å². The molecule has 1 atom stereocenters. The number of halogens is 2. The van der Waals surface area contributed by atoms with E-state index in [4.69, 9.17) is 32.7 Å². The number of ether oxygens (including phenoxy) is 2. The summed E-state index contributed by atoms with van der Waals surface area (Å²) >= 11 is 11.3. The molecule has 0 radical (unpaired) electrons. The van der Waals surface area contributed by atoms with Gasteiger partial charge in [-0.2, -0.15) is 0 Å². The Morgan fingerprint density at radius 2 is 1.40 bits per heavy atom. The molecule has 0 spiro atoms. The molecule has 0 heterocycles. The van der Waals surface area contributed by atoms with Crippen molar-refractivity contribution in [3.05, 3.63) is 83.4 Å². The highest BCUT2D eigenvalue weighted by Gasteiger charge is 2.11. The minimum atomic E-state index is -0.309. The first-order valence-electron chi connectivity index (χ1n) is 9.67. The van der Waals surface area contributed by atoms with E-state index in [1.807, 2.05) is 50.2 Å². The molecule has 0 saturated carbocycles. The fourth-order valence-electron chi connectivity index (χ4n) is 2.35. The number of esters is 2. The van der Waals surface area contributed by atoms with Crippen molar-refractivity contribution in [3.8, 4) is 0 Å². The summed E-state index contributed by atoms with van der Waals surface area (Å²) in [6.45, 7) is 8.02. The molecule has 2 aromatic rings. The van der Waals surface area contributed by atoms with E-state index < -0.39 is 0 Å². The average molecular weight is 451 g/mol. The van der Waals surface area contributed by atoms with Crippen LogP contribution in [0.1, 0.15) is 44.7 Å². The molecule has 2 aromatic carbocycles. The van der Waals surface area contributed by atoms with E-state index in [1.165, 1.54) is 0 Å². The first-order chi connectivity index (χ1) is 14.4. The molecule has 0 bridgehead atoms. The molecule has 30 heavy (non-hydrogen) atoms. The maximum Gasteiger partial charge on any atom is 0.338 e. The lowest BCUT2D eigenvalue weighted by atomic mass is 10.1. The Morgan fingerprint density at radius 1 is 0.933 bits per heavy atom. The first-order valence-corrected chi connectivity index (χ1v) is 10.6. The summed E-state index contributed by atoms with van der Waals surface area (Å²) in [6, 6.07) is 14.7. The summed E-state index contributed by atoms with van der Waals surface area (Å²) in [5, 5.41) is -0.147. The van der Waals surface area contributed by atoms with Crippen molar-refractivity contribution in [1.29, 1.82) is 0 Å². The molecule has 0 aliphatic rings. The van der Waals surface area contributed by atoms with E-state index in [0.717, 1.165) is 11.1 Å². The molecule has 162 valence electrons. The molecule has 0 aliphatic heterocycles. The van der Waals surface area contributed by atoms with Gasteiger partial charge in [-0.3, -0.25) is 0 Å². The van der Waals surface area contributed by atoms with Crippen LogP contribution < -0.4 is 0 Å². The molecule has 0 N–H and O–H groups in total. The van der Waals surface area contributed by atoms with Gasteiger partial charge in [-0.1, -0.05) is 42.5 Å². The molecule has 0 aliphatic carbocycles. The zero-order chi connectivity index (χ0) is 22.4. The zero-order valence-corrected chi connectivity index (χ0v) is 18.9. The van der Waals surface area contributed by atoms with Crippen molar-refractivity contribution in [3.63, 3.8) is 0 Å². The van der Waals surface area contributed by atoms with E-state index in [9.17, 15) is 9.59 Å². The lowest BCUT2D eigenvalue weighted by molar-refractivity contribution is 0.0494. The van der Waals surface area contributed by atoms with Gasteiger partial charge in [-0.15, -0.1) is 29.8 Å². The van der Waals surface area contributed by atoms with Crippen LogP contribution in [0.15, 0.2) is 61.2 Å². The summed E-state index contributed by atoms with van der Waals surface area (Å²) in [5.74, 6) is -0.204. The van der Waals surface area contributed by atoms with Gasteiger partial charge < -0.3 is 9.47 Å². The van der Waals surface area contributed by atoms with Crippen molar-refractivity contribution in [2.45, 2.75) is 32.1 Å². The van der Waals surface area contributed by atoms with Gasteiger partial charge in [0.1, 0.15) is 0 Å². The molecule has 6 heteroatoms. The summed E-state index contributed by atoms with van der Waals surface area (Å²) in [6.07, 6.45) is 2.99. The lowest BCUT2D eigenvalue weighted by Gasteiger charge is -2.08. The molecular formula is C24H28Cl2O4. The molecule has 2 rings (SSSR count). The predicted octanol–water partition coefficient (Wildman–Crippen LogP) is 6.12. The minimum absolute atomic E-state index is 0.147. The second-order valence-corrected chi connectivity index (χ2v) is 7.45. The van der Waals surface area contributed by atoms with Crippen molar-refractivity contribution >= 4 is 35.1 Å². The first kappa shape index (κ1) is 25.7. The maximum absolute atomic E-state index is 11.6. The molecule has 0 amide bonds. The van der Waals surface area contributed by atoms with E-state index in [1.54, 1.807) is 18.2 Å². The fraction of sp³-hybridized carbons (Fsp3) is 0.333. The third-order valence-electron chi connectivity index (χ3n) is 4.12. The minimum Gasteiger partial charge on any atom is -0.462 e. The number of hydrogen-bond donors (Lipinski definition) is 0. The highest BCUT2D eigenvalue weighted by molar-refractivity contribution is 6.28. The quantitative estimate of drug-likeness (QED) is 0.200. The second kappa shape index (κ2) is 14.6. The van der Waals surface area contributed by atoms with Crippen LogP contribution >= 0.6 is 23.2 Å². The Balaban J connectivity index is 0.000000303. The van der Waals surface area contributed by atoms with Crippen LogP contribution in [0.4, 0.5) is 0 Å². The summed E-state index contributed by atoms with van der Waals surface area (Å²) in [7, 11) is 0. The van der Waals surface area contributed by atoms with Crippen LogP contribution in [0.25, 0.3) is 0 Å². The number of carbonyl (C=O) groups is 2. The van der Waals surface area contributed by atoms with E-state index in [0.29, 0.717) is 43.1 Å². The fourth-order valence-corrected chi connectivity index (χ4v) is 2.59. The van der Waals surface area contributed by atoms with Gasteiger partial charge in [0.25, 0.3) is 0 Å². The number of aryl methyl sites for hydroxylation is 2. The van der Waals surface area contributed by atoms with Crippen LogP contribution in [0, 0.1) is 13.8 Å². The lowest BCUT2D eigenvalue weighted by Crippen LogP contribution is -2.11. The molecular weight excluding hydrogens is 423 g/mol. The average Bonchev–Trinajstić information content (AvgIpc) is 2.74. The molecule has 0 saturated heterocycles. The van der Waals surface area contributed by atoms with Crippen LogP contribution in [0.2, 0.25) is 0 Å². The second-order valence-electron chi connectivity index (χ2n) is 6.52. The highest BCUT2D eigenvalue weighted by atomic mass is 35.5. The number of benzene rings is 2. The monoisotopic (exact) mass is 450 g/mol. The highest BCUT2D eigenvalue weighted by Crippen LogP contribution is 2.10. The van der Waals surface area contributed by atoms with E-state index in [-0.39, 0.29) is 17.3 Å². The molecule has 0 aromatic heterocycles. The van der Waals surface area contributed by atoms with E-state index >= 15 is 0 Å². The van der Waals surface area contributed by atoms with Crippen LogP contribution in [-0.4, -0.2) is 36.4 Å². The van der Waals surface area contributed by atoms with Crippen molar-refractivity contribution in [2.24, 2.45) is 0 Å². The Bertz CT molecular complexity index is 820. The van der Waals surface area contributed by atoms with Gasteiger partial charge in [-0.25, -0.2) is 9.59 Å². The number of alkyl halides is 2. The van der Waals surface area contributed by atoms with Gasteiger partial charge in [-0.05, 0) is 49.9 Å². The van der Waals surface area contributed by atoms with Gasteiger partial charge in [0, 0.05) is 5.88 Å². The van der Waals surface area contributed by atoms with Crippen LogP contribution in [-0.2, 0) is 9.47 Å². The van der Waals surface area contributed by atoms with Gasteiger partial charge in [0.2, 0.25) is 0 Å². The van der Waals surface area contributed by atoms with Crippen LogP contribution in [0.3, 0.4) is 0 Å². The van der Waals surface area contributed by atoms with Gasteiger partial charge in [0.15, 0.2) is 0 Å². The van der Waals surface area contributed by atoms with Crippen molar-refractivity contribution < 1.29 is 19.1 Å². The molecule has 1 unspecified atom stereocenters. The summed E-state index contributed by atoms with van der Waals surface area (Å²) in [4.78, 5) is 23.1. The topological polar surface area (TPSA) is 52.6 Å². The van der Waals surface area contributed by atoms with E-state index in [2.05, 4.69) is 6.58 Å². The Hall–Kier alpha value is -2.30. The Morgan fingerprint density at radius 3 is 1.83 bits per heavy atom. The smallest absolute Gasteiger partial charge is 0.338 e. The number of rotatable bonds is 9. The third kappa shape index (κ3) is 9.47.